The molecule has 2 atom stereocenters. The van der Waals surface area contributed by atoms with Gasteiger partial charge in [0, 0.05) is 24.7 Å². The molecule has 2 aliphatic rings. The first-order valence-corrected chi connectivity index (χ1v) is 7.25. The number of fused-ring (bicyclic) bond motifs is 3. The number of hydrogen-bond acceptors (Lipinski definition) is 2. The molecular formula is C17H19NO. The highest BCUT2D eigenvalue weighted by Gasteiger charge is 2.37. The van der Waals surface area contributed by atoms with Crippen LogP contribution < -0.4 is 0 Å². The maximum absolute atomic E-state index is 10.2. The van der Waals surface area contributed by atoms with E-state index in [0.29, 0.717) is 5.75 Å². The molecule has 2 fully saturated rings. The Labute approximate surface area is 113 Å². The molecule has 1 aliphatic heterocycles. The lowest BCUT2D eigenvalue weighted by Crippen LogP contribution is -2.31. The van der Waals surface area contributed by atoms with Crippen molar-refractivity contribution in [1.29, 1.82) is 0 Å². The summed E-state index contributed by atoms with van der Waals surface area (Å²) in [5.41, 5.74) is 1.10. The van der Waals surface area contributed by atoms with Crippen LogP contribution in [0.1, 0.15) is 24.8 Å². The van der Waals surface area contributed by atoms with Gasteiger partial charge < -0.3 is 5.11 Å². The second-order valence-electron chi connectivity index (χ2n) is 6.05. The van der Waals surface area contributed by atoms with Gasteiger partial charge in [-0.3, -0.25) is 4.90 Å². The van der Waals surface area contributed by atoms with E-state index in [-0.39, 0.29) is 0 Å². The Bertz CT molecular complexity index is 622. The predicted molar refractivity (Wildman–Crippen MR) is 77.2 cm³/mol. The summed E-state index contributed by atoms with van der Waals surface area (Å²) in [5, 5.41) is 12.6. The molecule has 2 bridgehead atoms. The molecule has 2 nitrogen and oxygen atoms in total. The fourth-order valence-corrected chi connectivity index (χ4v) is 3.91. The fraction of sp³-hybridized carbons (Fsp3) is 0.412. The van der Waals surface area contributed by atoms with E-state index in [1.165, 1.54) is 36.6 Å². The topological polar surface area (TPSA) is 23.5 Å². The summed E-state index contributed by atoms with van der Waals surface area (Å²) in [7, 11) is 0. The third-order valence-electron chi connectivity index (χ3n) is 4.90. The molecule has 4 rings (SSSR count). The van der Waals surface area contributed by atoms with Crippen molar-refractivity contribution in [1.82, 2.24) is 4.90 Å². The van der Waals surface area contributed by atoms with E-state index in [1.54, 1.807) is 0 Å². The summed E-state index contributed by atoms with van der Waals surface area (Å²) >= 11 is 0. The van der Waals surface area contributed by atoms with Gasteiger partial charge in [0.2, 0.25) is 0 Å². The zero-order chi connectivity index (χ0) is 12.8. The highest BCUT2D eigenvalue weighted by atomic mass is 16.3. The van der Waals surface area contributed by atoms with Gasteiger partial charge in [0.1, 0.15) is 5.75 Å². The Hall–Kier alpha value is -1.54. The SMILES string of the molecule is Oc1ccc2ccccc2c1CN1CC2CCC1C2. The minimum atomic E-state index is 0.446. The van der Waals surface area contributed by atoms with Crippen molar-refractivity contribution in [3.05, 3.63) is 42.0 Å². The van der Waals surface area contributed by atoms with Crippen molar-refractivity contribution < 1.29 is 5.11 Å². The van der Waals surface area contributed by atoms with Crippen molar-refractivity contribution >= 4 is 10.8 Å². The predicted octanol–water partition coefficient (Wildman–Crippen LogP) is 3.53. The summed E-state index contributed by atoms with van der Waals surface area (Å²) in [4.78, 5) is 2.57. The van der Waals surface area contributed by atoms with Gasteiger partial charge in [-0.05, 0) is 42.0 Å². The Morgan fingerprint density at radius 3 is 2.79 bits per heavy atom. The van der Waals surface area contributed by atoms with E-state index in [1.807, 2.05) is 12.1 Å². The molecule has 1 aliphatic carbocycles. The zero-order valence-electron chi connectivity index (χ0n) is 11.0. The van der Waals surface area contributed by atoms with Crippen LogP contribution in [0.5, 0.6) is 5.75 Å². The third-order valence-corrected chi connectivity index (χ3v) is 4.90. The first kappa shape index (κ1) is 11.3. The van der Waals surface area contributed by atoms with Gasteiger partial charge >= 0.3 is 0 Å². The number of rotatable bonds is 2. The highest BCUT2D eigenvalue weighted by Crippen LogP contribution is 2.39. The number of piperidine rings is 1. The van der Waals surface area contributed by atoms with Crippen LogP contribution in [0.4, 0.5) is 0 Å². The van der Waals surface area contributed by atoms with Crippen LogP contribution in [0.3, 0.4) is 0 Å². The van der Waals surface area contributed by atoms with Crippen molar-refractivity contribution in [3.63, 3.8) is 0 Å². The Morgan fingerprint density at radius 2 is 2.00 bits per heavy atom. The average Bonchev–Trinajstić information content (AvgIpc) is 3.04. The van der Waals surface area contributed by atoms with Crippen molar-refractivity contribution in [3.8, 4) is 5.75 Å². The second kappa shape index (κ2) is 4.24. The minimum Gasteiger partial charge on any atom is -0.508 e. The van der Waals surface area contributed by atoms with Gasteiger partial charge in [-0.25, -0.2) is 0 Å². The molecule has 2 unspecified atom stereocenters. The van der Waals surface area contributed by atoms with E-state index in [0.717, 1.165) is 24.1 Å². The molecular weight excluding hydrogens is 234 g/mol. The second-order valence-corrected chi connectivity index (χ2v) is 6.05. The van der Waals surface area contributed by atoms with E-state index in [2.05, 4.69) is 29.2 Å². The van der Waals surface area contributed by atoms with Crippen LogP contribution >= 0.6 is 0 Å². The standard InChI is InChI=1S/C17H19NO/c19-17-8-6-13-3-1-2-4-15(13)16(17)11-18-10-12-5-7-14(18)9-12/h1-4,6,8,12,14,19H,5,7,9-11H2. The molecule has 0 radical (unpaired) electrons. The zero-order valence-corrected chi connectivity index (χ0v) is 11.0. The maximum Gasteiger partial charge on any atom is 0.120 e. The maximum atomic E-state index is 10.2. The summed E-state index contributed by atoms with van der Waals surface area (Å²) < 4.78 is 0. The quantitative estimate of drug-likeness (QED) is 0.885. The van der Waals surface area contributed by atoms with Crippen LogP contribution in [0.15, 0.2) is 36.4 Å². The number of nitrogens with zero attached hydrogens (tertiary/aromatic N) is 1. The van der Waals surface area contributed by atoms with Crippen LogP contribution in [0.25, 0.3) is 10.8 Å². The molecule has 0 amide bonds. The van der Waals surface area contributed by atoms with Crippen molar-refractivity contribution in [2.45, 2.75) is 31.8 Å². The lowest BCUT2D eigenvalue weighted by Gasteiger charge is -2.27. The average molecular weight is 253 g/mol. The third kappa shape index (κ3) is 1.82. The van der Waals surface area contributed by atoms with Gasteiger partial charge in [-0.1, -0.05) is 30.3 Å². The summed E-state index contributed by atoms with van der Waals surface area (Å²) in [6.45, 7) is 2.11. The van der Waals surface area contributed by atoms with E-state index >= 15 is 0 Å². The van der Waals surface area contributed by atoms with Crippen molar-refractivity contribution in [2.24, 2.45) is 5.92 Å². The van der Waals surface area contributed by atoms with Crippen molar-refractivity contribution in [2.75, 3.05) is 6.54 Å². The van der Waals surface area contributed by atoms with Gasteiger partial charge in [0.05, 0.1) is 0 Å². The molecule has 19 heavy (non-hydrogen) atoms. The largest absolute Gasteiger partial charge is 0.508 e. The van der Waals surface area contributed by atoms with Gasteiger partial charge in [-0.15, -0.1) is 0 Å². The number of phenols is 1. The van der Waals surface area contributed by atoms with Crippen LogP contribution in [0.2, 0.25) is 0 Å². The Balaban J connectivity index is 1.72. The van der Waals surface area contributed by atoms with Gasteiger partial charge in [0.25, 0.3) is 0 Å². The summed E-state index contributed by atoms with van der Waals surface area (Å²) in [6.07, 6.45) is 4.12. The first-order chi connectivity index (χ1) is 9.31. The lowest BCUT2D eigenvalue weighted by molar-refractivity contribution is 0.204. The van der Waals surface area contributed by atoms with Crippen LogP contribution in [-0.4, -0.2) is 22.6 Å². The Kier molecular flexibility index (Phi) is 2.52. The monoisotopic (exact) mass is 253 g/mol. The highest BCUT2D eigenvalue weighted by molar-refractivity contribution is 5.87. The molecule has 1 saturated carbocycles. The van der Waals surface area contributed by atoms with Gasteiger partial charge in [0.15, 0.2) is 0 Å². The number of benzene rings is 2. The fourth-order valence-electron chi connectivity index (χ4n) is 3.91. The van der Waals surface area contributed by atoms with E-state index in [4.69, 9.17) is 0 Å². The minimum absolute atomic E-state index is 0.446. The molecule has 0 spiro atoms. The molecule has 2 aromatic carbocycles. The van der Waals surface area contributed by atoms with E-state index < -0.39 is 0 Å². The summed E-state index contributed by atoms with van der Waals surface area (Å²) in [6, 6.07) is 13.0. The number of hydrogen-bond donors (Lipinski definition) is 1. The van der Waals surface area contributed by atoms with Crippen LogP contribution in [-0.2, 0) is 6.54 Å². The first-order valence-electron chi connectivity index (χ1n) is 7.25. The number of likely N-dealkylation sites (tertiary alicyclic amines) is 1. The number of aromatic hydroxyl groups is 1. The Morgan fingerprint density at radius 1 is 1.11 bits per heavy atom. The van der Waals surface area contributed by atoms with Gasteiger partial charge in [-0.2, -0.15) is 0 Å². The molecule has 1 heterocycles. The normalized spacial score (nSPS) is 26.3. The molecule has 0 aromatic heterocycles. The lowest BCUT2D eigenvalue weighted by atomic mass is 10.0. The number of phenolic OH excluding ortho intramolecular Hbond substituents is 1. The molecule has 2 aromatic rings. The van der Waals surface area contributed by atoms with Crippen LogP contribution in [0, 0.1) is 5.92 Å². The van der Waals surface area contributed by atoms with E-state index in [9.17, 15) is 5.11 Å². The molecule has 2 heteroatoms. The molecule has 98 valence electrons. The smallest absolute Gasteiger partial charge is 0.120 e. The summed E-state index contributed by atoms with van der Waals surface area (Å²) in [5.74, 6) is 1.35. The molecule has 1 saturated heterocycles. The molecule has 1 N–H and O–H groups in total.